The number of carbonyl (C=O) groups is 2. The fourth-order valence-electron chi connectivity index (χ4n) is 2.54. The van der Waals surface area contributed by atoms with Gasteiger partial charge in [-0.05, 0) is 25.8 Å². The van der Waals surface area contributed by atoms with Gasteiger partial charge in [0.05, 0.1) is 4.92 Å². The molecule has 8 nitrogen and oxygen atoms in total. The van der Waals surface area contributed by atoms with Crippen LogP contribution in [0.1, 0.15) is 32.6 Å². The zero-order chi connectivity index (χ0) is 17.5. The molecule has 0 aliphatic heterocycles. The average molecular weight is 336 g/mol. The van der Waals surface area contributed by atoms with Crippen molar-refractivity contribution in [1.29, 1.82) is 0 Å². The van der Waals surface area contributed by atoms with E-state index < -0.39 is 23.6 Å². The fraction of sp³-hybridized carbons (Fsp3) is 0.500. The summed E-state index contributed by atoms with van der Waals surface area (Å²) in [6.45, 7) is 0.971. The first-order valence-corrected chi connectivity index (χ1v) is 7.83. The van der Waals surface area contributed by atoms with E-state index >= 15 is 0 Å². The second-order valence-electron chi connectivity index (χ2n) is 5.64. The topological polar surface area (TPSA) is 108 Å². The SMILES string of the molecule is C[C@@H](OC(=O)COc1ccccc1[N+](=O)[O-])C(=O)NC1CCCC1. The molecule has 1 aromatic carbocycles. The Balaban J connectivity index is 1.80. The van der Waals surface area contributed by atoms with Gasteiger partial charge in [0, 0.05) is 12.1 Å². The summed E-state index contributed by atoms with van der Waals surface area (Å²) in [5.41, 5.74) is -0.239. The number of amides is 1. The Morgan fingerprint density at radius 2 is 2.00 bits per heavy atom. The van der Waals surface area contributed by atoms with Crippen LogP contribution in [-0.2, 0) is 14.3 Å². The molecule has 0 spiro atoms. The van der Waals surface area contributed by atoms with Gasteiger partial charge in [-0.15, -0.1) is 0 Å². The predicted molar refractivity (Wildman–Crippen MR) is 84.5 cm³/mol. The van der Waals surface area contributed by atoms with Gasteiger partial charge < -0.3 is 14.8 Å². The lowest BCUT2D eigenvalue weighted by Gasteiger charge is -2.17. The number of rotatable bonds is 7. The molecule has 0 saturated heterocycles. The van der Waals surface area contributed by atoms with Crippen LogP contribution in [0.3, 0.4) is 0 Å². The van der Waals surface area contributed by atoms with Gasteiger partial charge in [0.2, 0.25) is 0 Å². The van der Waals surface area contributed by atoms with Crippen LogP contribution >= 0.6 is 0 Å². The van der Waals surface area contributed by atoms with Crippen LogP contribution in [0.15, 0.2) is 24.3 Å². The first-order valence-electron chi connectivity index (χ1n) is 7.83. The Labute approximate surface area is 139 Å². The second kappa shape index (κ2) is 8.28. The predicted octanol–water partition coefficient (Wildman–Crippen LogP) is 1.96. The summed E-state index contributed by atoms with van der Waals surface area (Å²) < 4.78 is 10.1. The molecule has 1 aliphatic carbocycles. The highest BCUT2D eigenvalue weighted by atomic mass is 16.6. The average Bonchev–Trinajstić information content (AvgIpc) is 3.06. The van der Waals surface area contributed by atoms with Crippen LogP contribution in [0.5, 0.6) is 5.75 Å². The highest BCUT2D eigenvalue weighted by molar-refractivity contribution is 5.83. The maximum atomic E-state index is 11.9. The standard InChI is InChI=1S/C16H20N2O6/c1-11(16(20)17-12-6-2-3-7-12)24-15(19)10-23-14-9-5-4-8-13(14)18(21)22/h4-5,8-9,11-12H,2-3,6-7,10H2,1H3,(H,17,20)/t11-/m1/s1. The van der Waals surface area contributed by atoms with E-state index in [1.54, 1.807) is 6.07 Å². The van der Waals surface area contributed by atoms with Crippen LogP contribution in [0.25, 0.3) is 0 Å². The molecule has 0 heterocycles. The molecule has 1 aromatic rings. The molecule has 8 heteroatoms. The van der Waals surface area contributed by atoms with Gasteiger partial charge in [-0.2, -0.15) is 0 Å². The van der Waals surface area contributed by atoms with Crippen LogP contribution in [0.4, 0.5) is 5.69 Å². The number of carbonyl (C=O) groups excluding carboxylic acids is 2. The number of para-hydroxylation sites is 2. The van der Waals surface area contributed by atoms with Crippen molar-refractivity contribution >= 4 is 17.6 Å². The van der Waals surface area contributed by atoms with Gasteiger partial charge in [-0.1, -0.05) is 25.0 Å². The molecule has 1 N–H and O–H groups in total. The van der Waals surface area contributed by atoms with Crippen LogP contribution in [0.2, 0.25) is 0 Å². The van der Waals surface area contributed by atoms with Gasteiger partial charge in [0.15, 0.2) is 18.5 Å². The third-order valence-corrected chi connectivity index (χ3v) is 3.79. The van der Waals surface area contributed by atoms with E-state index in [2.05, 4.69) is 5.32 Å². The van der Waals surface area contributed by atoms with Crippen molar-refractivity contribution in [3.8, 4) is 5.75 Å². The number of nitro benzene ring substituents is 1. The molecule has 0 bridgehead atoms. The van der Waals surface area contributed by atoms with E-state index in [1.165, 1.54) is 25.1 Å². The number of nitro groups is 1. The molecule has 0 unspecified atom stereocenters. The summed E-state index contributed by atoms with van der Waals surface area (Å²) in [5, 5.41) is 13.7. The summed E-state index contributed by atoms with van der Waals surface area (Å²) >= 11 is 0. The number of ether oxygens (including phenoxy) is 2. The lowest BCUT2D eigenvalue weighted by molar-refractivity contribution is -0.385. The van der Waals surface area contributed by atoms with Gasteiger partial charge in [-0.3, -0.25) is 14.9 Å². The van der Waals surface area contributed by atoms with E-state index in [0.29, 0.717) is 0 Å². The Kier molecular flexibility index (Phi) is 6.11. The van der Waals surface area contributed by atoms with E-state index in [0.717, 1.165) is 25.7 Å². The third-order valence-electron chi connectivity index (χ3n) is 3.79. The summed E-state index contributed by atoms with van der Waals surface area (Å²) in [6, 6.07) is 5.87. The van der Waals surface area contributed by atoms with E-state index in [1.807, 2.05) is 0 Å². The lowest BCUT2D eigenvalue weighted by Crippen LogP contribution is -2.41. The molecule has 1 amide bonds. The molecule has 130 valence electrons. The molecule has 1 aliphatic rings. The fourth-order valence-corrected chi connectivity index (χ4v) is 2.54. The molecule has 0 radical (unpaired) electrons. The number of esters is 1. The van der Waals surface area contributed by atoms with Crippen molar-refractivity contribution in [3.05, 3.63) is 34.4 Å². The van der Waals surface area contributed by atoms with Crippen molar-refractivity contribution in [1.82, 2.24) is 5.32 Å². The zero-order valence-electron chi connectivity index (χ0n) is 13.4. The van der Waals surface area contributed by atoms with Gasteiger partial charge in [0.25, 0.3) is 5.91 Å². The minimum absolute atomic E-state index is 0.0255. The molecule has 1 fully saturated rings. The van der Waals surface area contributed by atoms with Crippen LogP contribution in [-0.4, -0.2) is 35.6 Å². The summed E-state index contributed by atoms with van der Waals surface area (Å²) in [4.78, 5) is 33.9. The first kappa shape index (κ1) is 17.7. The minimum atomic E-state index is -0.938. The maximum Gasteiger partial charge on any atom is 0.344 e. The summed E-state index contributed by atoms with van der Waals surface area (Å²) in [6.07, 6.45) is 3.11. The van der Waals surface area contributed by atoms with E-state index in [4.69, 9.17) is 9.47 Å². The number of nitrogens with one attached hydrogen (secondary N) is 1. The van der Waals surface area contributed by atoms with Gasteiger partial charge >= 0.3 is 11.7 Å². The lowest BCUT2D eigenvalue weighted by atomic mass is 10.2. The summed E-state index contributed by atoms with van der Waals surface area (Å²) in [5.74, 6) is -1.13. The van der Waals surface area contributed by atoms with E-state index in [9.17, 15) is 19.7 Å². The molecule has 1 atom stereocenters. The van der Waals surface area contributed by atoms with Gasteiger partial charge in [0.1, 0.15) is 0 Å². The Morgan fingerprint density at radius 1 is 1.33 bits per heavy atom. The van der Waals surface area contributed by atoms with Crippen LogP contribution in [0, 0.1) is 10.1 Å². The molecule has 24 heavy (non-hydrogen) atoms. The maximum absolute atomic E-state index is 11.9. The highest BCUT2D eigenvalue weighted by Gasteiger charge is 2.23. The third kappa shape index (κ3) is 4.94. The summed E-state index contributed by atoms with van der Waals surface area (Å²) in [7, 11) is 0. The molecule has 2 rings (SSSR count). The Morgan fingerprint density at radius 3 is 2.67 bits per heavy atom. The molecule has 1 saturated carbocycles. The zero-order valence-corrected chi connectivity index (χ0v) is 13.4. The Bertz CT molecular complexity index is 612. The number of nitrogens with zero attached hydrogens (tertiary/aromatic N) is 1. The molecular formula is C16H20N2O6. The number of benzene rings is 1. The largest absolute Gasteiger partial charge is 0.475 e. The second-order valence-corrected chi connectivity index (χ2v) is 5.64. The molecule has 0 aromatic heterocycles. The Hall–Kier alpha value is -2.64. The smallest absolute Gasteiger partial charge is 0.344 e. The van der Waals surface area contributed by atoms with Crippen LogP contribution < -0.4 is 10.1 Å². The van der Waals surface area contributed by atoms with Crippen molar-refractivity contribution in [2.75, 3.05) is 6.61 Å². The normalized spacial score (nSPS) is 15.5. The number of hydrogen-bond donors (Lipinski definition) is 1. The minimum Gasteiger partial charge on any atom is -0.475 e. The highest BCUT2D eigenvalue weighted by Crippen LogP contribution is 2.25. The van der Waals surface area contributed by atoms with Crippen molar-refractivity contribution in [3.63, 3.8) is 0 Å². The van der Waals surface area contributed by atoms with Crippen molar-refractivity contribution in [2.45, 2.75) is 44.8 Å². The molecular weight excluding hydrogens is 316 g/mol. The monoisotopic (exact) mass is 336 g/mol. The number of hydrogen-bond acceptors (Lipinski definition) is 6. The van der Waals surface area contributed by atoms with Crippen molar-refractivity contribution < 1.29 is 24.0 Å². The van der Waals surface area contributed by atoms with Gasteiger partial charge in [-0.25, -0.2) is 4.79 Å². The quantitative estimate of drug-likeness (QED) is 0.463. The first-order chi connectivity index (χ1) is 11.5. The van der Waals surface area contributed by atoms with Crippen molar-refractivity contribution in [2.24, 2.45) is 0 Å². The van der Waals surface area contributed by atoms with E-state index in [-0.39, 0.29) is 23.4 Å².